The van der Waals surface area contributed by atoms with Gasteiger partial charge in [-0.3, -0.25) is 19.7 Å². The maximum absolute atomic E-state index is 12.5. The van der Waals surface area contributed by atoms with E-state index < -0.39 is 6.04 Å². The lowest BCUT2D eigenvalue weighted by molar-refractivity contribution is -0.136. The van der Waals surface area contributed by atoms with Crippen molar-refractivity contribution in [2.24, 2.45) is 0 Å². The molecular formula is C14H12Br2N2O3. The molecule has 5 nitrogen and oxygen atoms in total. The monoisotopic (exact) mass is 414 g/mol. The Hall–Kier alpha value is -1.21. The molecule has 0 bridgehead atoms. The first kappa shape index (κ1) is 14.7. The van der Waals surface area contributed by atoms with Crippen molar-refractivity contribution in [1.29, 1.82) is 0 Å². The highest BCUT2D eigenvalue weighted by molar-refractivity contribution is 9.10. The molecule has 2 aliphatic heterocycles. The first-order valence-electron chi connectivity index (χ1n) is 6.53. The second-order valence-corrected chi connectivity index (χ2v) is 6.55. The van der Waals surface area contributed by atoms with Crippen LogP contribution in [0.15, 0.2) is 16.6 Å². The van der Waals surface area contributed by atoms with E-state index in [9.17, 15) is 14.4 Å². The van der Waals surface area contributed by atoms with E-state index in [4.69, 9.17) is 0 Å². The highest BCUT2D eigenvalue weighted by Crippen LogP contribution is 2.32. The van der Waals surface area contributed by atoms with Crippen LogP contribution in [0.2, 0.25) is 0 Å². The number of imide groups is 1. The third kappa shape index (κ3) is 2.53. The summed E-state index contributed by atoms with van der Waals surface area (Å²) in [6.45, 7) is 0.410. The van der Waals surface area contributed by atoms with E-state index in [1.165, 1.54) is 0 Å². The normalized spacial score (nSPS) is 21.5. The molecule has 2 aliphatic rings. The predicted molar refractivity (Wildman–Crippen MR) is 82.8 cm³/mol. The average Bonchev–Trinajstić information content (AvgIpc) is 2.75. The lowest BCUT2D eigenvalue weighted by Gasteiger charge is -2.29. The van der Waals surface area contributed by atoms with Crippen molar-refractivity contribution >= 4 is 49.6 Å². The summed E-state index contributed by atoms with van der Waals surface area (Å²) in [5.74, 6) is -0.807. The fraction of sp³-hybridized carbons (Fsp3) is 0.357. The van der Waals surface area contributed by atoms with Gasteiger partial charge in [-0.1, -0.05) is 37.9 Å². The standard InChI is InChI=1S/C14H12Br2N2O3/c15-5-7-3-8-6-18(14(21)9(8)4-10(7)16)11-1-2-12(19)17-13(11)20/h3-4,11H,1-2,5-6H2,(H,17,19,20). The number of piperidine rings is 1. The molecule has 2 heterocycles. The molecule has 1 fully saturated rings. The van der Waals surface area contributed by atoms with Gasteiger partial charge in [0.25, 0.3) is 5.91 Å². The minimum absolute atomic E-state index is 0.152. The quantitative estimate of drug-likeness (QED) is 0.594. The number of benzene rings is 1. The Morgan fingerprint density at radius 1 is 1.29 bits per heavy atom. The zero-order valence-electron chi connectivity index (χ0n) is 11.0. The van der Waals surface area contributed by atoms with Gasteiger partial charge in [-0.25, -0.2) is 0 Å². The third-order valence-corrected chi connectivity index (χ3v) is 5.18. The second-order valence-electron chi connectivity index (χ2n) is 5.13. The highest BCUT2D eigenvalue weighted by Gasteiger charge is 2.39. The largest absolute Gasteiger partial charge is 0.322 e. The number of nitrogens with zero attached hydrogens (tertiary/aromatic N) is 1. The van der Waals surface area contributed by atoms with Crippen molar-refractivity contribution in [3.8, 4) is 0 Å². The van der Waals surface area contributed by atoms with Gasteiger partial charge in [-0.05, 0) is 23.6 Å². The van der Waals surface area contributed by atoms with E-state index in [1.807, 2.05) is 6.07 Å². The van der Waals surface area contributed by atoms with Gasteiger partial charge in [0.2, 0.25) is 11.8 Å². The van der Waals surface area contributed by atoms with Crippen LogP contribution in [0.4, 0.5) is 0 Å². The molecule has 0 aromatic heterocycles. The molecule has 0 spiro atoms. The van der Waals surface area contributed by atoms with Crippen molar-refractivity contribution < 1.29 is 14.4 Å². The number of nitrogens with one attached hydrogen (secondary N) is 1. The fourth-order valence-corrected chi connectivity index (χ4v) is 4.07. The number of hydrogen-bond acceptors (Lipinski definition) is 3. The van der Waals surface area contributed by atoms with Crippen LogP contribution >= 0.6 is 31.9 Å². The number of hydrogen-bond donors (Lipinski definition) is 1. The van der Waals surface area contributed by atoms with E-state index in [1.54, 1.807) is 11.0 Å². The average molecular weight is 416 g/mol. The Labute approximate surface area is 138 Å². The van der Waals surface area contributed by atoms with Crippen molar-refractivity contribution in [2.75, 3.05) is 0 Å². The molecule has 0 aliphatic carbocycles. The number of carbonyl (C=O) groups excluding carboxylic acids is 3. The zero-order valence-corrected chi connectivity index (χ0v) is 14.2. The topological polar surface area (TPSA) is 66.5 Å². The summed E-state index contributed by atoms with van der Waals surface area (Å²) in [5.41, 5.74) is 2.60. The summed E-state index contributed by atoms with van der Waals surface area (Å²) < 4.78 is 0.872. The van der Waals surface area contributed by atoms with E-state index in [2.05, 4.69) is 37.2 Å². The number of amides is 3. The molecule has 21 heavy (non-hydrogen) atoms. The first-order valence-corrected chi connectivity index (χ1v) is 8.44. The molecule has 7 heteroatoms. The number of halogens is 2. The Morgan fingerprint density at radius 3 is 2.71 bits per heavy atom. The first-order chi connectivity index (χ1) is 10.0. The second kappa shape index (κ2) is 5.53. The van der Waals surface area contributed by atoms with Gasteiger partial charge in [0.15, 0.2) is 0 Å². The van der Waals surface area contributed by atoms with E-state index in [-0.39, 0.29) is 24.1 Å². The SMILES string of the molecule is O=C1CCC(N2Cc3cc(CBr)c(Br)cc3C2=O)C(=O)N1. The number of carbonyl (C=O) groups is 3. The van der Waals surface area contributed by atoms with Gasteiger partial charge in [-0.2, -0.15) is 0 Å². The summed E-state index contributed by atoms with van der Waals surface area (Å²) in [6, 6.07) is 3.21. The molecule has 1 atom stereocenters. The summed E-state index contributed by atoms with van der Waals surface area (Å²) in [6.07, 6.45) is 0.656. The number of alkyl halides is 1. The summed E-state index contributed by atoms with van der Waals surface area (Å²) in [4.78, 5) is 37.2. The Kier molecular flexibility index (Phi) is 3.88. The predicted octanol–water partition coefficient (Wildman–Crippen LogP) is 2.10. The maximum atomic E-state index is 12.5. The lowest BCUT2D eigenvalue weighted by Crippen LogP contribution is -2.52. The minimum Gasteiger partial charge on any atom is -0.322 e. The summed E-state index contributed by atoms with van der Waals surface area (Å²) in [5, 5.41) is 2.99. The Balaban J connectivity index is 1.90. The van der Waals surface area contributed by atoms with Gasteiger partial charge in [0, 0.05) is 28.3 Å². The lowest BCUT2D eigenvalue weighted by atomic mass is 10.0. The summed E-state index contributed by atoms with van der Waals surface area (Å²) in [7, 11) is 0. The molecule has 3 rings (SSSR count). The molecule has 1 aromatic rings. The Morgan fingerprint density at radius 2 is 2.05 bits per heavy atom. The highest BCUT2D eigenvalue weighted by atomic mass is 79.9. The van der Waals surface area contributed by atoms with Gasteiger partial charge in [0.05, 0.1) is 0 Å². The van der Waals surface area contributed by atoms with Gasteiger partial charge in [0.1, 0.15) is 6.04 Å². The van der Waals surface area contributed by atoms with Crippen LogP contribution in [0, 0.1) is 0 Å². The third-order valence-electron chi connectivity index (χ3n) is 3.83. The van der Waals surface area contributed by atoms with E-state index >= 15 is 0 Å². The van der Waals surface area contributed by atoms with Crippen molar-refractivity contribution in [1.82, 2.24) is 10.2 Å². The molecule has 0 radical (unpaired) electrons. The molecule has 0 saturated carbocycles. The zero-order chi connectivity index (χ0) is 15.1. The van der Waals surface area contributed by atoms with Gasteiger partial charge in [-0.15, -0.1) is 0 Å². The van der Waals surface area contributed by atoms with Crippen molar-refractivity contribution in [3.63, 3.8) is 0 Å². The van der Waals surface area contributed by atoms with Crippen LogP contribution in [0.3, 0.4) is 0 Å². The van der Waals surface area contributed by atoms with Crippen LogP contribution in [0.1, 0.15) is 34.3 Å². The molecule has 1 saturated heterocycles. The minimum atomic E-state index is -0.561. The van der Waals surface area contributed by atoms with Crippen LogP contribution < -0.4 is 5.32 Å². The Bertz CT molecular complexity index is 660. The van der Waals surface area contributed by atoms with Gasteiger partial charge >= 0.3 is 0 Å². The molecule has 110 valence electrons. The number of fused-ring (bicyclic) bond motifs is 1. The fourth-order valence-electron chi connectivity index (χ4n) is 2.74. The summed E-state index contributed by atoms with van der Waals surface area (Å²) >= 11 is 6.86. The smallest absolute Gasteiger partial charge is 0.255 e. The van der Waals surface area contributed by atoms with Crippen molar-refractivity contribution in [2.45, 2.75) is 30.8 Å². The molecule has 1 aromatic carbocycles. The van der Waals surface area contributed by atoms with Crippen LogP contribution in [-0.2, 0) is 21.5 Å². The van der Waals surface area contributed by atoms with Gasteiger partial charge < -0.3 is 4.90 Å². The van der Waals surface area contributed by atoms with E-state index in [0.29, 0.717) is 23.9 Å². The van der Waals surface area contributed by atoms with Crippen LogP contribution in [-0.4, -0.2) is 28.7 Å². The maximum Gasteiger partial charge on any atom is 0.255 e. The number of rotatable bonds is 2. The van der Waals surface area contributed by atoms with Crippen LogP contribution in [0.5, 0.6) is 0 Å². The molecule has 1 N–H and O–H groups in total. The molecule has 3 amide bonds. The van der Waals surface area contributed by atoms with Crippen molar-refractivity contribution in [3.05, 3.63) is 33.3 Å². The van der Waals surface area contributed by atoms with Crippen LogP contribution in [0.25, 0.3) is 0 Å². The van der Waals surface area contributed by atoms with E-state index in [0.717, 1.165) is 15.6 Å². The molecular weight excluding hydrogens is 404 g/mol. The molecule has 1 unspecified atom stereocenters.